The Kier molecular flexibility index (Phi) is 3.17. The summed E-state index contributed by atoms with van der Waals surface area (Å²) in [5.74, 6) is 0. The first kappa shape index (κ1) is 11.2. The first-order valence-corrected chi connectivity index (χ1v) is 6.38. The number of likely N-dealkylation sites (N-methyl/N-ethyl adjacent to an activating group) is 1. The van der Waals surface area contributed by atoms with E-state index in [0.29, 0.717) is 5.41 Å². The molecule has 82 valence electrons. The van der Waals surface area contributed by atoms with Gasteiger partial charge in [-0.3, -0.25) is 0 Å². The summed E-state index contributed by atoms with van der Waals surface area (Å²) in [5, 5.41) is 3.34. The van der Waals surface area contributed by atoms with Crippen molar-refractivity contribution in [2.45, 2.75) is 31.6 Å². The van der Waals surface area contributed by atoms with E-state index in [1.54, 1.807) is 0 Å². The first-order chi connectivity index (χ1) is 7.18. The van der Waals surface area contributed by atoms with E-state index in [1.807, 2.05) is 7.05 Å². The van der Waals surface area contributed by atoms with E-state index in [-0.39, 0.29) is 0 Å². The minimum Gasteiger partial charge on any atom is -0.319 e. The number of benzene rings is 1. The van der Waals surface area contributed by atoms with Gasteiger partial charge in [-0.05, 0) is 50.1 Å². The monoisotopic (exact) mass is 267 g/mol. The summed E-state index contributed by atoms with van der Waals surface area (Å²) in [6.45, 7) is 3.32. The van der Waals surface area contributed by atoms with Crippen LogP contribution < -0.4 is 5.32 Å². The molecule has 1 aromatic rings. The summed E-state index contributed by atoms with van der Waals surface area (Å²) in [6, 6.07) is 6.64. The van der Waals surface area contributed by atoms with E-state index >= 15 is 0 Å². The van der Waals surface area contributed by atoms with Crippen LogP contribution in [0.3, 0.4) is 0 Å². The van der Waals surface area contributed by atoms with Gasteiger partial charge in [0.25, 0.3) is 0 Å². The van der Waals surface area contributed by atoms with Crippen molar-refractivity contribution in [2.24, 2.45) is 0 Å². The van der Waals surface area contributed by atoms with Crippen LogP contribution in [-0.2, 0) is 5.41 Å². The minimum absolute atomic E-state index is 0.405. The Hall–Kier alpha value is -0.340. The van der Waals surface area contributed by atoms with Gasteiger partial charge in [0.15, 0.2) is 0 Å². The molecule has 1 aliphatic rings. The molecule has 2 heteroatoms. The first-order valence-electron chi connectivity index (χ1n) is 5.59. The molecule has 1 nitrogen and oxygen atoms in total. The zero-order valence-corrected chi connectivity index (χ0v) is 11.0. The number of hydrogen-bond donors (Lipinski definition) is 1. The van der Waals surface area contributed by atoms with Crippen LogP contribution >= 0.6 is 15.9 Å². The van der Waals surface area contributed by atoms with Crippen LogP contribution in [0.1, 0.15) is 30.4 Å². The molecule has 0 spiro atoms. The maximum absolute atomic E-state index is 3.57. The zero-order valence-electron chi connectivity index (χ0n) is 9.44. The Labute approximate surface area is 100 Å². The van der Waals surface area contributed by atoms with Gasteiger partial charge >= 0.3 is 0 Å². The Morgan fingerprint density at radius 2 is 2.13 bits per heavy atom. The third-order valence-corrected chi connectivity index (χ3v) is 4.09. The minimum atomic E-state index is 0.405. The maximum atomic E-state index is 3.57. The van der Waals surface area contributed by atoms with Crippen molar-refractivity contribution in [3.8, 4) is 0 Å². The standard InChI is InChI=1S/C13H18BrN/c1-10-4-5-11(14)8-12(10)13(9-15-2)6-3-7-13/h4-5,8,15H,3,6-7,9H2,1-2H3. The molecule has 15 heavy (non-hydrogen) atoms. The highest BCUT2D eigenvalue weighted by Gasteiger charge is 2.38. The van der Waals surface area contributed by atoms with E-state index in [0.717, 1.165) is 6.54 Å². The molecule has 0 aliphatic heterocycles. The highest BCUT2D eigenvalue weighted by Crippen LogP contribution is 2.45. The second kappa shape index (κ2) is 4.26. The lowest BCUT2D eigenvalue weighted by Crippen LogP contribution is -2.43. The van der Waals surface area contributed by atoms with Crippen molar-refractivity contribution in [3.63, 3.8) is 0 Å². The third kappa shape index (κ3) is 1.98. The van der Waals surface area contributed by atoms with Gasteiger partial charge in [-0.2, -0.15) is 0 Å². The Bertz CT molecular complexity index is 356. The van der Waals surface area contributed by atoms with Gasteiger partial charge in [0.2, 0.25) is 0 Å². The predicted octanol–water partition coefficient (Wildman–Crippen LogP) is 3.40. The van der Waals surface area contributed by atoms with Gasteiger partial charge in [-0.15, -0.1) is 0 Å². The van der Waals surface area contributed by atoms with Crippen molar-refractivity contribution in [1.29, 1.82) is 0 Å². The highest BCUT2D eigenvalue weighted by atomic mass is 79.9. The van der Waals surface area contributed by atoms with Crippen LogP contribution in [0, 0.1) is 6.92 Å². The lowest BCUT2D eigenvalue weighted by Gasteiger charge is -2.43. The smallest absolute Gasteiger partial charge is 0.0178 e. The number of halogens is 1. The molecule has 1 aromatic carbocycles. The number of aryl methyl sites for hydroxylation is 1. The van der Waals surface area contributed by atoms with E-state index in [2.05, 4.69) is 46.4 Å². The fourth-order valence-electron chi connectivity index (χ4n) is 2.65. The molecule has 0 heterocycles. The Balaban J connectivity index is 2.37. The van der Waals surface area contributed by atoms with Crippen LogP contribution in [-0.4, -0.2) is 13.6 Å². The van der Waals surface area contributed by atoms with Crippen LogP contribution in [0.25, 0.3) is 0 Å². The molecular weight excluding hydrogens is 250 g/mol. The van der Waals surface area contributed by atoms with E-state index < -0.39 is 0 Å². The molecule has 1 N–H and O–H groups in total. The van der Waals surface area contributed by atoms with Gasteiger partial charge in [-0.1, -0.05) is 28.4 Å². The van der Waals surface area contributed by atoms with Crippen LogP contribution in [0.15, 0.2) is 22.7 Å². The molecule has 0 bridgehead atoms. The fraction of sp³-hybridized carbons (Fsp3) is 0.538. The third-order valence-electron chi connectivity index (χ3n) is 3.60. The Morgan fingerprint density at radius 3 is 2.67 bits per heavy atom. The SMILES string of the molecule is CNCC1(c2cc(Br)ccc2C)CCC1. The molecular formula is C13H18BrN. The van der Waals surface area contributed by atoms with Crippen LogP contribution in [0.2, 0.25) is 0 Å². The second-order valence-corrected chi connectivity index (χ2v) is 5.54. The largest absolute Gasteiger partial charge is 0.319 e. The molecule has 1 fully saturated rings. The highest BCUT2D eigenvalue weighted by molar-refractivity contribution is 9.10. The Morgan fingerprint density at radius 1 is 1.40 bits per heavy atom. The van der Waals surface area contributed by atoms with Crippen molar-refractivity contribution >= 4 is 15.9 Å². The molecule has 0 atom stereocenters. The molecule has 2 rings (SSSR count). The summed E-state index contributed by atoms with van der Waals surface area (Å²) in [5.41, 5.74) is 3.36. The van der Waals surface area contributed by atoms with Crippen molar-refractivity contribution in [1.82, 2.24) is 5.32 Å². The molecule has 0 saturated heterocycles. The molecule has 0 amide bonds. The van der Waals surface area contributed by atoms with Crippen LogP contribution in [0.4, 0.5) is 0 Å². The van der Waals surface area contributed by atoms with E-state index in [9.17, 15) is 0 Å². The average Bonchev–Trinajstić information content (AvgIpc) is 2.16. The summed E-state index contributed by atoms with van der Waals surface area (Å²) in [7, 11) is 2.05. The fourth-order valence-corrected chi connectivity index (χ4v) is 3.01. The van der Waals surface area contributed by atoms with Gasteiger partial charge < -0.3 is 5.32 Å². The maximum Gasteiger partial charge on any atom is 0.0178 e. The normalized spacial score (nSPS) is 18.6. The lowest BCUT2D eigenvalue weighted by atomic mass is 9.63. The molecule has 1 saturated carbocycles. The average molecular weight is 268 g/mol. The molecule has 1 aliphatic carbocycles. The molecule has 0 aromatic heterocycles. The second-order valence-electron chi connectivity index (χ2n) is 4.62. The quantitative estimate of drug-likeness (QED) is 0.886. The summed E-state index contributed by atoms with van der Waals surface area (Å²) in [6.07, 6.45) is 4.02. The molecule has 0 unspecified atom stereocenters. The van der Waals surface area contributed by atoms with Crippen molar-refractivity contribution in [2.75, 3.05) is 13.6 Å². The van der Waals surface area contributed by atoms with Gasteiger partial charge in [0, 0.05) is 16.4 Å². The van der Waals surface area contributed by atoms with Gasteiger partial charge in [0.1, 0.15) is 0 Å². The van der Waals surface area contributed by atoms with E-state index in [1.165, 1.54) is 34.9 Å². The topological polar surface area (TPSA) is 12.0 Å². The van der Waals surface area contributed by atoms with Crippen molar-refractivity contribution in [3.05, 3.63) is 33.8 Å². The number of nitrogens with one attached hydrogen (secondary N) is 1. The van der Waals surface area contributed by atoms with Gasteiger partial charge in [0.05, 0.1) is 0 Å². The van der Waals surface area contributed by atoms with E-state index in [4.69, 9.17) is 0 Å². The number of rotatable bonds is 3. The number of hydrogen-bond acceptors (Lipinski definition) is 1. The summed E-state index contributed by atoms with van der Waals surface area (Å²) in [4.78, 5) is 0. The molecule has 0 radical (unpaired) electrons. The predicted molar refractivity (Wildman–Crippen MR) is 68.3 cm³/mol. The summed E-state index contributed by atoms with van der Waals surface area (Å²) >= 11 is 3.57. The lowest BCUT2D eigenvalue weighted by molar-refractivity contribution is 0.238. The van der Waals surface area contributed by atoms with Crippen LogP contribution in [0.5, 0.6) is 0 Å². The van der Waals surface area contributed by atoms with Crippen molar-refractivity contribution < 1.29 is 0 Å². The zero-order chi connectivity index (χ0) is 10.9. The van der Waals surface area contributed by atoms with Gasteiger partial charge in [-0.25, -0.2) is 0 Å². The summed E-state index contributed by atoms with van der Waals surface area (Å²) < 4.78 is 1.20.